The number of carboxylic acids is 1. The molecule has 92 valence electrons. The van der Waals surface area contributed by atoms with Gasteiger partial charge in [-0.05, 0) is 37.0 Å². The Morgan fingerprint density at radius 2 is 2.06 bits per heavy atom. The van der Waals surface area contributed by atoms with Gasteiger partial charge in [-0.3, -0.25) is 0 Å². The molecule has 2 atom stereocenters. The van der Waals surface area contributed by atoms with Crippen molar-refractivity contribution in [3.63, 3.8) is 0 Å². The second-order valence-corrected chi connectivity index (χ2v) is 5.89. The maximum absolute atomic E-state index is 11.2. The lowest BCUT2D eigenvalue weighted by molar-refractivity contribution is -0.133. The third kappa shape index (κ3) is 3.10. The van der Waals surface area contributed by atoms with Crippen LogP contribution in [0.25, 0.3) is 0 Å². The first-order valence-corrected chi connectivity index (χ1v) is 6.27. The van der Waals surface area contributed by atoms with Gasteiger partial charge in [0.05, 0.1) is 0 Å². The van der Waals surface area contributed by atoms with Gasteiger partial charge >= 0.3 is 5.97 Å². The number of hydrogen-bond acceptors (Lipinski definition) is 1. The second-order valence-electron chi connectivity index (χ2n) is 5.89. The molecule has 2 unspecified atom stereocenters. The molecule has 2 heteroatoms. The Morgan fingerprint density at radius 1 is 1.44 bits per heavy atom. The van der Waals surface area contributed by atoms with E-state index in [1.54, 1.807) is 6.08 Å². The predicted molar refractivity (Wildman–Crippen MR) is 66.3 cm³/mol. The smallest absolute Gasteiger partial charge is 0.331 e. The summed E-state index contributed by atoms with van der Waals surface area (Å²) in [4.78, 5) is 11.2. The van der Waals surface area contributed by atoms with Crippen molar-refractivity contribution < 1.29 is 9.90 Å². The Kier molecular flexibility index (Phi) is 4.17. The summed E-state index contributed by atoms with van der Waals surface area (Å²) in [6.07, 6.45) is 6.37. The van der Waals surface area contributed by atoms with Crippen molar-refractivity contribution in [3.8, 4) is 0 Å². The number of carbonyl (C=O) groups is 1. The lowest BCUT2D eigenvalue weighted by Gasteiger charge is -2.29. The van der Waals surface area contributed by atoms with Gasteiger partial charge in [0.2, 0.25) is 0 Å². The van der Waals surface area contributed by atoms with Gasteiger partial charge in [0.15, 0.2) is 0 Å². The Hall–Kier alpha value is -0.790. The molecule has 0 aliphatic heterocycles. The van der Waals surface area contributed by atoms with Crippen molar-refractivity contribution in [3.05, 3.63) is 11.6 Å². The minimum Gasteiger partial charge on any atom is -0.478 e. The minimum absolute atomic E-state index is 0.222. The van der Waals surface area contributed by atoms with Crippen LogP contribution in [0.15, 0.2) is 11.6 Å². The lowest BCUT2D eigenvalue weighted by atomic mass is 9.75. The summed E-state index contributed by atoms with van der Waals surface area (Å²) >= 11 is 0. The summed E-state index contributed by atoms with van der Waals surface area (Å²) in [5.41, 5.74) is 0.890. The first-order chi connectivity index (χ1) is 7.37. The molecule has 2 nitrogen and oxygen atoms in total. The number of hydrogen-bond donors (Lipinski definition) is 1. The van der Waals surface area contributed by atoms with Gasteiger partial charge in [0.25, 0.3) is 0 Å². The van der Waals surface area contributed by atoms with E-state index >= 15 is 0 Å². The summed E-state index contributed by atoms with van der Waals surface area (Å²) in [6.45, 7) is 8.55. The Morgan fingerprint density at radius 3 is 2.56 bits per heavy atom. The first-order valence-electron chi connectivity index (χ1n) is 6.27. The van der Waals surface area contributed by atoms with Crippen LogP contribution < -0.4 is 0 Å². The maximum Gasteiger partial charge on any atom is 0.331 e. The highest BCUT2D eigenvalue weighted by Crippen LogP contribution is 2.42. The third-order valence-electron chi connectivity index (χ3n) is 3.93. The zero-order valence-corrected chi connectivity index (χ0v) is 10.9. The molecular weight excluding hydrogens is 200 g/mol. The van der Waals surface area contributed by atoms with E-state index in [0.717, 1.165) is 12.8 Å². The summed E-state index contributed by atoms with van der Waals surface area (Å²) in [5, 5.41) is 9.24. The van der Waals surface area contributed by atoms with Gasteiger partial charge in [-0.15, -0.1) is 0 Å². The van der Waals surface area contributed by atoms with Crippen LogP contribution >= 0.6 is 0 Å². The number of rotatable bonds is 2. The van der Waals surface area contributed by atoms with E-state index in [1.807, 2.05) is 6.92 Å². The molecule has 0 amide bonds. The molecule has 1 aliphatic rings. The van der Waals surface area contributed by atoms with Gasteiger partial charge < -0.3 is 5.11 Å². The van der Waals surface area contributed by atoms with Crippen LogP contribution in [-0.4, -0.2) is 11.1 Å². The fraction of sp³-hybridized carbons (Fsp3) is 0.786. The largest absolute Gasteiger partial charge is 0.478 e. The molecule has 1 fully saturated rings. The van der Waals surface area contributed by atoms with E-state index in [1.165, 1.54) is 12.8 Å². The van der Waals surface area contributed by atoms with Crippen molar-refractivity contribution in [1.29, 1.82) is 0 Å². The van der Waals surface area contributed by atoms with Crippen LogP contribution in [0.5, 0.6) is 0 Å². The molecule has 1 saturated carbocycles. The molecule has 16 heavy (non-hydrogen) atoms. The van der Waals surface area contributed by atoms with Crippen LogP contribution in [0.4, 0.5) is 0 Å². The quantitative estimate of drug-likeness (QED) is 0.571. The van der Waals surface area contributed by atoms with E-state index < -0.39 is 5.97 Å². The molecule has 1 rings (SSSR count). The van der Waals surface area contributed by atoms with Crippen LogP contribution in [0.1, 0.15) is 53.4 Å². The number of aliphatic carboxylic acids is 1. The topological polar surface area (TPSA) is 37.3 Å². The fourth-order valence-electron chi connectivity index (χ4n) is 2.91. The van der Waals surface area contributed by atoms with Gasteiger partial charge in [-0.25, -0.2) is 4.79 Å². The average Bonchev–Trinajstić information content (AvgIpc) is 2.27. The molecule has 0 aromatic heterocycles. The molecule has 0 saturated heterocycles. The van der Waals surface area contributed by atoms with E-state index in [0.29, 0.717) is 11.5 Å². The molecule has 0 heterocycles. The van der Waals surface area contributed by atoms with E-state index in [9.17, 15) is 9.90 Å². The molecular formula is C14H24O2. The highest BCUT2D eigenvalue weighted by atomic mass is 16.4. The summed E-state index contributed by atoms with van der Waals surface area (Å²) in [5.74, 6) is -0.0267. The van der Waals surface area contributed by atoms with E-state index in [2.05, 4.69) is 20.8 Å². The molecule has 0 spiro atoms. The molecule has 1 N–H and O–H groups in total. The Bertz CT molecular complexity index is 289. The molecule has 0 radical (unpaired) electrons. The SMILES string of the molecule is C/C=C(/C(=O)O)C1CC(C)(C)CCCC1C. The second kappa shape index (κ2) is 5.03. The van der Waals surface area contributed by atoms with Crippen molar-refractivity contribution >= 4 is 5.97 Å². The van der Waals surface area contributed by atoms with Crippen molar-refractivity contribution in [2.24, 2.45) is 17.3 Å². The highest BCUT2D eigenvalue weighted by molar-refractivity contribution is 5.87. The summed E-state index contributed by atoms with van der Waals surface area (Å²) in [7, 11) is 0. The van der Waals surface area contributed by atoms with Crippen LogP contribution in [0, 0.1) is 17.3 Å². The van der Waals surface area contributed by atoms with Crippen molar-refractivity contribution in [1.82, 2.24) is 0 Å². The average molecular weight is 224 g/mol. The standard InChI is InChI=1S/C14H24O2/c1-5-11(13(15)16)12-9-14(3,4)8-6-7-10(12)2/h5,10,12H,6-9H2,1-4H3,(H,15,16)/b11-5+. The van der Waals surface area contributed by atoms with Crippen molar-refractivity contribution in [2.45, 2.75) is 53.4 Å². The zero-order chi connectivity index (χ0) is 12.3. The zero-order valence-electron chi connectivity index (χ0n) is 10.9. The van der Waals surface area contributed by atoms with Gasteiger partial charge in [-0.1, -0.05) is 39.7 Å². The lowest BCUT2D eigenvalue weighted by Crippen LogP contribution is -2.23. The molecule has 0 bridgehead atoms. The van der Waals surface area contributed by atoms with Gasteiger partial charge in [0, 0.05) is 5.57 Å². The number of carboxylic acid groups (broad SMARTS) is 1. The van der Waals surface area contributed by atoms with Crippen LogP contribution in [-0.2, 0) is 4.79 Å². The Balaban J connectivity index is 2.94. The highest BCUT2D eigenvalue weighted by Gasteiger charge is 2.34. The van der Waals surface area contributed by atoms with Crippen molar-refractivity contribution in [2.75, 3.05) is 0 Å². The first kappa shape index (κ1) is 13.3. The van der Waals surface area contributed by atoms with Crippen LogP contribution in [0.3, 0.4) is 0 Å². The summed E-state index contributed by atoms with van der Waals surface area (Å²) in [6, 6.07) is 0. The van der Waals surface area contributed by atoms with E-state index in [4.69, 9.17) is 0 Å². The predicted octanol–water partition coefficient (Wildman–Crippen LogP) is 3.87. The summed E-state index contributed by atoms with van der Waals surface area (Å²) < 4.78 is 0. The van der Waals surface area contributed by atoms with E-state index in [-0.39, 0.29) is 11.3 Å². The fourth-order valence-corrected chi connectivity index (χ4v) is 2.91. The molecule has 1 aliphatic carbocycles. The third-order valence-corrected chi connectivity index (χ3v) is 3.93. The monoisotopic (exact) mass is 224 g/mol. The molecule has 0 aromatic carbocycles. The van der Waals surface area contributed by atoms with Crippen LogP contribution in [0.2, 0.25) is 0 Å². The van der Waals surface area contributed by atoms with Gasteiger partial charge in [-0.2, -0.15) is 0 Å². The molecule has 0 aromatic rings. The maximum atomic E-state index is 11.2. The number of allylic oxidation sites excluding steroid dienone is 1. The van der Waals surface area contributed by atoms with Gasteiger partial charge in [0.1, 0.15) is 0 Å². The Labute approximate surface area is 98.7 Å². The normalized spacial score (nSPS) is 30.9. The minimum atomic E-state index is -0.739.